The van der Waals surface area contributed by atoms with Crippen molar-refractivity contribution in [1.82, 2.24) is 10.6 Å². The number of benzene rings is 1. The number of aliphatic hydroxyl groups excluding tert-OH is 1. The third kappa shape index (κ3) is 4.49. The summed E-state index contributed by atoms with van der Waals surface area (Å²) in [7, 11) is 0. The lowest BCUT2D eigenvalue weighted by Gasteiger charge is -2.14. The molecule has 1 fully saturated rings. The van der Waals surface area contributed by atoms with Crippen LogP contribution in [0.1, 0.15) is 0 Å². The normalized spacial score (nSPS) is 22.2. The molecule has 1 aliphatic rings. The Kier molecular flexibility index (Phi) is 5.18. The lowest BCUT2D eigenvalue weighted by Crippen LogP contribution is -2.36. The van der Waals surface area contributed by atoms with Gasteiger partial charge in [0.2, 0.25) is 0 Å². The smallest absolute Gasteiger partial charge is 0.257 e. The summed E-state index contributed by atoms with van der Waals surface area (Å²) in [5.74, 6) is 0.543. The number of ether oxygens (including phenoxy) is 1. The standard InChI is InChI=1S/C13H17BrN2O3/c14-10-2-1-3-11(4-10)19-8-13(18)16-6-9-5-15-7-12(9)17/h1-4,9,12,15,17H,5-8H2,(H,16,18). The molecule has 1 heterocycles. The number of hydrogen-bond donors (Lipinski definition) is 3. The molecule has 2 rings (SSSR count). The highest BCUT2D eigenvalue weighted by molar-refractivity contribution is 9.10. The van der Waals surface area contributed by atoms with Crippen LogP contribution in [0.4, 0.5) is 0 Å². The van der Waals surface area contributed by atoms with Gasteiger partial charge in [-0.25, -0.2) is 0 Å². The number of nitrogens with one attached hydrogen (secondary N) is 2. The van der Waals surface area contributed by atoms with Crippen molar-refractivity contribution in [2.75, 3.05) is 26.2 Å². The van der Waals surface area contributed by atoms with Gasteiger partial charge in [-0.3, -0.25) is 4.79 Å². The Balaban J connectivity index is 1.70. The monoisotopic (exact) mass is 328 g/mol. The van der Waals surface area contributed by atoms with Crippen LogP contribution < -0.4 is 15.4 Å². The van der Waals surface area contributed by atoms with Gasteiger partial charge in [0.05, 0.1) is 6.10 Å². The zero-order valence-electron chi connectivity index (χ0n) is 10.4. The average molecular weight is 329 g/mol. The van der Waals surface area contributed by atoms with Crippen LogP contribution in [-0.4, -0.2) is 43.4 Å². The maximum absolute atomic E-state index is 11.6. The van der Waals surface area contributed by atoms with Crippen LogP contribution in [0.2, 0.25) is 0 Å². The van der Waals surface area contributed by atoms with E-state index in [-0.39, 0.29) is 24.5 Å². The van der Waals surface area contributed by atoms with Crippen molar-refractivity contribution >= 4 is 21.8 Å². The first-order chi connectivity index (χ1) is 9.15. The number of rotatable bonds is 5. The quantitative estimate of drug-likeness (QED) is 0.737. The number of amides is 1. The lowest BCUT2D eigenvalue weighted by atomic mass is 10.1. The number of carbonyl (C=O) groups is 1. The second-order valence-electron chi connectivity index (χ2n) is 4.54. The number of halogens is 1. The lowest BCUT2D eigenvalue weighted by molar-refractivity contribution is -0.123. The van der Waals surface area contributed by atoms with Crippen LogP contribution in [0.15, 0.2) is 28.7 Å². The third-order valence-electron chi connectivity index (χ3n) is 3.03. The van der Waals surface area contributed by atoms with Crippen molar-refractivity contribution < 1.29 is 14.6 Å². The summed E-state index contributed by atoms with van der Waals surface area (Å²) in [4.78, 5) is 11.6. The van der Waals surface area contributed by atoms with E-state index in [1.54, 1.807) is 12.1 Å². The van der Waals surface area contributed by atoms with E-state index < -0.39 is 0 Å². The number of β-amino-alcohol motifs (C(OH)–C–C–N with tert-alkyl or cyclic N) is 1. The highest BCUT2D eigenvalue weighted by Crippen LogP contribution is 2.17. The molecule has 0 radical (unpaired) electrons. The molecule has 5 nitrogen and oxygen atoms in total. The van der Waals surface area contributed by atoms with E-state index in [4.69, 9.17) is 4.74 Å². The summed E-state index contributed by atoms with van der Waals surface area (Å²) in [6.07, 6.45) is -0.383. The Hall–Kier alpha value is -1.11. The molecule has 0 spiro atoms. The predicted molar refractivity (Wildman–Crippen MR) is 75.0 cm³/mol. The fraction of sp³-hybridized carbons (Fsp3) is 0.462. The summed E-state index contributed by atoms with van der Waals surface area (Å²) in [6, 6.07) is 7.33. The second-order valence-corrected chi connectivity index (χ2v) is 5.45. The third-order valence-corrected chi connectivity index (χ3v) is 3.52. The zero-order valence-corrected chi connectivity index (χ0v) is 12.0. The van der Waals surface area contributed by atoms with Crippen molar-refractivity contribution in [3.8, 4) is 5.75 Å². The molecule has 2 unspecified atom stereocenters. The van der Waals surface area contributed by atoms with Crippen LogP contribution in [0.5, 0.6) is 5.75 Å². The van der Waals surface area contributed by atoms with Gasteiger partial charge in [-0.05, 0) is 18.2 Å². The van der Waals surface area contributed by atoms with Gasteiger partial charge in [0.25, 0.3) is 5.91 Å². The van der Waals surface area contributed by atoms with Gasteiger partial charge < -0.3 is 20.5 Å². The van der Waals surface area contributed by atoms with Gasteiger partial charge in [0.15, 0.2) is 6.61 Å². The fourth-order valence-corrected chi connectivity index (χ4v) is 2.31. The molecule has 1 saturated heterocycles. The Morgan fingerprint density at radius 2 is 2.37 bits per heavy atom. The summed E-state index contributed by atoms with van der Waals surface area (Å²) in [5, 5.41) is 15.4. The number of aliphatic hydroxyl groups is 1. The SMILES string of the molecule is O=C(COc1cccc(Br)c1)NCC1CNCC1O. The Labute approximate surface area is 120 Å². The van der Waals surface area contributed by atoms with Crippen molar-refractivity contribution in [1.29, 1.82) is 0 Å². The molecule has 0 saturated carbocycles. The first kappa shape index (κ1) is 14.3. The Morgan fingerprint density at radius 1 is 1.53 bits per heavy atom. The summed E-state index contributed by atoms with van der Waals surface area (Å²) < 4.78 is 6.28. The molecule has 104 valence electrons. The molecule has 6 heteroatoms. The Bertz CT molecular complexity index is 442. The highest BCUT2D eigenvalue weighted by atomic mass is 79.9. The topological polar surface area (TPSA) is 70.6 Å². The molecular weight excluding hydrogens is 312 g/mol. The van der Waals surface area contributed by atoms with Crippen LogP contribution in [-0.2, 0) is 4.79 Å². The first-order valence-corrected chi connectivity index (χ1v) is 6.98. The molecule has 1 amide bonds. The first-order valence-electron chi connectivity index (χ1n) is 6.19. The minimum absolute atomic E-state index is 0.0211. The number of hydrogen-bond acceptors (Lipinski definition) is 4. The van der Waals surface area contributed by atoms with Gasteiger partial charge in [0, 0.05) is 30.0 Å². The minimum Gasteiger partial charge on any atom is -0.484 e. The van der Waals surface area contributed by atoms with E-state index in [0.29, 0.717) is 18.8 Å². The van der Waals surface area contributed by atoms with E-state index in [1.807, 2.05) is 12.1 Å². The van der Waals surface area contributed by atoms with Crippen LogP contribution in [0, 0.1) is 5.92 Å². The predicted octanol–water partition coefficient (Wildman–Crippen LogP) is 0.524. The molecule has 3 N–H and O–H groups in total. The Morgan fingerprint density at radius 3 is 3.05 bits per heavy atom. The molecular formula is C13H17BrN2O3. The second kappa shape index (κ2) is 6.88. The minimum atomic E-state index is -0.383. The molecule has 0 bridgehead atoms. The van der Waals surface area contributed by atoms with E-state index in [1.165, 1.54) is 0 Å². The van der Waals surface area contributed by atoms with Crippen LogP contribution >= 0.6 is 15.9 Å². The van der Waals surface area contributed by atoms with Crippen molar-refractivity contribution in [3.63, 3.8) is 0 Å². The zero-order chi connectivity index (χ0) is 13.7. The molecule has 19 heavy (non-hydrogen) atoms. The molecule has 1 aromatic carbocycles. The van der Waals surface area contributed by atoms with E-state index in [2.05, 4.69) is 26.6 Å². The van der Waals surface area contributed by atoms with Crippen LogP contribution in [0.3, 0.4) is 0 Å². The average Bonchev–Trinajstić information content (AvgIpc) is 2.80. The van der Waals surface area contributed by atoms with Gasteiger partial charge in [-0.2, -0.15) is 0 Å². The largest absolute Gasteiger partial charge is 0.484 e. The summed E-state index contributed by atoms with van der Waals surface area (Å²) in [5.41, 5.74) is 0. The molecule has 0 aliphatic carbocycles. The summed E-state index contributed by atoms with van der Waals surface area (Å²) >= 11 is 3.34. The molecule has 0 aromatic heterocycles. The van der Waals surface area contributed by atoms with Gasteiger partial charge in [0.1, 0.15) is 5.75 Å². The van der Waals surface area contributed by atoms with Gasteiger partial charge >= 0.3 is 0 Å². The van der Waals surface area contributed by atoms with E-state index >= 15 is 0 Å². The summed E-state index contributed by atoms with van der Waals surface area (Å²) in [6.45, 7) is 1.77. The van der Waals surface area contributed by atoms with Gasteiger partial charge in [-0.1, -0.05) is 22.0 Å². The van der Waals surface area contributed by atoms with Crippen molar-refractivity contribution in [2.24, 2.45) is 5.92 Å². The molecule has 1 aliphatic heterocycles. The van der Waals surface area contributed by atoms with Crippen molar-refractivity contribution in [3.05, 3.63) is 28.7 Å². The van der Waals surface area contributed by atoms with Gasteiger partial charge in [-0.15, -0.1) is 0 Å². The maximum atomic E-state index is 11.6. The van der Waals surface area contributed by atoms with Crippen LogP contribution in [0.25, 0.3) is 0 Å². The van der Waals surface area contributed by atoms with E-state index in [0.717, 1.165) is 11.0 Å². The fourth-order valence-electron chi connectivity index (χ4n) is 1.93. The maximum Gasteiger partial charge on any atom is 0.257 e. The number of carbonyl (C=O) groups excluding carboxylic acids is 1. The molecule has 1 aromatic rings. The van der Waals surface area contributed by atoms with Crippen molar-refractivity contribution in [2.45, 2.75) is 6.10 Å². The molecule has 2 atom stereocenters. The highest BCUT2D eigenvalue weighted by Gasteiger charge is 2.24. The van der Waals surface area contributed by atoms with E-state index in [9.17, 15) is 9.90 Å².